The first kappa shape index (κ1) is 19.9. The van der Waals surface area contributed by atoms with Gasteiger partial charge in [0.1, 0.15) is 5.82 Å². The van der Waals surface area contributed by atoms with Crippen LogP contribution in [0.25, 0.3) is 22.6 Å². The second-order valence-electron chi connectivity index (χ2n) is 6.30. The minimum absolute atomic E-state index is 0.328. The zero-order valence-corrected chi connectivity index (χ0v) is 16.1. The summed E-state index contributed by atoms with van der Waals surface area (Å²) in [5.74, 6) is 0.448. The van der Waals surface area contributed by atoms with Crippen LogP contribution in [0.5, 0.6) is 0 Å². The van der Waals surface area contributed by atoms with Crippen LogP contribution in [0.3, 0.4) is 0 Å². The van der Waals surface area contributed by atoms with E-state index in [0.29, 0.717) is 28.3 Å². The fourth-order valence-electron chi connectivity index (χ4n) is 2.64. The number of anilines is 1. The molecule has 0 aliphatic carbocycles. The molecule has 0 aliphatic rings. The first-order valence-electron chi connectivity index (χ1n) is 8.07. The van der Waals surface area contributed by atoms with Crippen LogP contribution in [0, 0.1) is 0 Å². The largest absolute Gasteiger partial charge is 0.416 e. The van der Waals surface area contributed by atoms with E-state index in [0.717, 1.165) is 22.7 Å². The second-order valence-corrected chi connectivity index (χ2v) is 8.32. The summed E-state index contributed by atoms with van der Waals surface area (Å²) in [6.07, 6.45) is 1.16. The van der Waals surface area contributed by atoms with E-state index in [2.05, 4.69) is 9.97 Å². The van der Waals surface area contributed by atoms with Crippen molar-refractivity contribution in [2.24, 2.45) is 7.05 Å². The summed E-state index contributed by atoms with van der Waals surface area (Å²) in [4.78, 5) is 8.48. The number of halogens is 3. The van der Waals surface area contributed by atoms with E-state index >= 15 is 0 Å². The summed E-state index contributed by atoms with van der Waals surface area (Å²) in [6, 6.07) is 6.52. The van der Waals surface area contributed by atoms with Crippen LogP contribution in [0.4, 0.5) is 18.9 Å². The van der Waals surface area contributed by atoms with Crippen molar-refractivity contribution >= 4 is 15.7 Å². The Bertz CT molecular complexity index is 1120. The molecule has 0 amide bonds. The van der Waals surface area contributed by atoms with Crippen LogP contribution >= 0.6 is 0 Å². The van der Waals surface area contributed by atoms with Gasteiger partial charge in [-0.05, 0) is 18.2 Å². The average molecular weight is 410 g/mol. The number of alkyl halides is 3. The Morgan fingerprint density at radius 2 is 1.82 bits per heavy atom. The molecule has 2 heterocycles. The summed E-state index contributed by atoms with van der Waals surface area (Å²) in [5.41, 5.74) is 0.826. The number of nitrogens with zero attached hydrogens (tertiary/aromatic N) is 4. The van der Waals surface area contributed by atoms with Gasteiger partial charge in [-0.25, -0.2) is 13.4 Å². The van der Waals surface area contributed by atoms with Gasteiger partial charge < -0.3 is 4.57 Å². The highest BCUT2D eigenvalue weighted by Crippen LogP contribution is 2.33. The molecule has 0 spiro atoms. The third kappa shape index (κ3) is 4.01. The van der Waals surface area contributed by atoms with E-state index in [4.69, 9.17) is 0 Å². The third-order valence-electron chi connectivity index (χ3n) is 4.21. The highest BCUT2D eigenvalue weighted by Gasteiger charge is 2.30. The van der Waals surface area contributed by atoms with E-state index in [1.807, 2.05) is 0 Å². The topological polar surface area (TPSA) is 68.1 Å². The van der Waals surface area contributed by atoms with Crippen molar-refractivity contribution in [2.45, 2.75) is 6.18 Å². The number of aromatic nitrogens is 3. The maximum atomic E-state index is 13.0. The summed E-state index contributed by atoms with van der Waals surface area (Å²) in [7, 11) is -0.356. The molecule has 2 aromatic heterocycles. The lowest BCUT2D eigenvalue weighted by molar-refractivity contribution is -0.137. The van der Waals surface area contributed by atoms with Crippen molar-refractivity contribution in [1.82, 2.24) is 14.5 Å². The first-order valence-corrected chi connectivity index (χ1v) is 9.92. The minimum atomic E-state index is -4.44. The van der Waals surface area contributed by atoms with Gasteiger partial charge >= 0.3 is 6.18 Å². The van der Waals surface area contributed by atoms with Gasteiger partial charge in [-0.1, -0.05) is 12.1 Å². The van der Waals surface area contributed by atoms with Crippen LogP contribution in [0.15, 0.2) is 48.9 Å². The van der Waals surface area contributed by atoms with E-state index in [9.17, 15) is 21.6 Å². The fourth-order valence-corrected chi connectivity index (χ4v) is 3.13. The highest BCUT2D eigenvalue weighted by molar-refractivity contribution is 7.92. The molecule has 0 N–H and O–H groups in total. The van der Waals surface area contributed by atoms with Gasteiger partial charge in [0.15, 0.2) is 0 Å². The molecule has 0 aliphatic heterocycles. The molecule has 0 unspecified atom stereocenters. The third-order valence-corrected chi connectivity index (χ3v) is 5.41. The lowest BCUT2D eigenvalue weighted by atomic mass is 10.1. The molecule has 0 bridgehead atoms. The molecule has 3 rings (SSSR count). The van der Waals surface area contributed by atoms with Gasteiger partial charge in [-0.3, -0.25) is 9.29 Å². The smallest absolute Gasteiger partial charge is 0.333 e. The minimum Gasteiger partial charge on any atom is -0.333 e. The summed E-state index contributed by atoms with van der Waals surface area (Å²) < 4.78 is 65.1. The van der Waals surface area contributed by atoms with Crippen molar-refractivity contribution < 1.29 is 21.6 Å². The maximum absolute atomic E-state index is 13.0. The number of benzene rings is 1. The van der Waals surface area contributed by atoms with Gasteiger partial charge in [0.05, 0.1) is 29.4 Å². The number of imidazole rings is 1. The molecule has 0 saturated carbocycles. The van der Waals surface area contributed by atoms with Crippen LogP contribution in [0.2, 0.25) is 0 Å². The van der Waals surface area contributed by atoms with Gasteiger partial charge in [-0.15, -0.1) is 0 Å². The summed E-state index contributed by atoms with van der Waals surface area (Å²) >= 11 is 0. The summed E-state index contributed by atoms with van der Waals surface area (Å²) in [5, 5.41) is 0. The van der Waals surface area contributed by atoms with Crippen LogP contribution in [-0.2, 0) is 23.2 Å². The predicted molar refractivity (Wildman–Crippen MR) is 100 cm³/mol. The van der Waals surface area contributed by atoms with Crippen molar-refractivity contribution in [1.29, 1.82) is 0 Å². The van der Waals surface area contributed by atoms with E-state index in [1.165, 1.54) is 25.5 Å². The Morgan fingerprint density at radius 3 is 2.46 bits per heavy atom. The Morgan fingerprint density at radius 1 is 1.11 bits per heavy atom. The van der Waals surface area contributed by atoms with Crippen LogP contribution in [0.1, 0.15) is 5.56 Å². The normalized spacial score (nSPS) is 12.2. The van der Waals surface area contributed by atoms with Gasteiger partial charge in [0, 0.05) is 37.6 Å². The molecule has 10 heteroatoms. The fraction of sp³-hybridized carbons (Fsp3) is 0.222. The molecule has 1 aromatic carbocycles. The number of pyridine rings is 1. The van der Waals surface area contributed by atoms with Crippen molar-refractivity contribution in [3.8, 4) is 22.6 Å². The van der Waals surface area contributed by atoms with Gasteiger partial charge in [0.2, 0.25) is 10.0 Å². The van der Waals surface area contributed by atoms with Crippen LogP contribution < -0.4 is 4.31 Å². The zero-order chi connectivity index (χ0) is 20.7. The lowest BCUT2D eigenvalue weighted by Gasteiger charge is -2.16. The number of sulfonamides is 1. The lowest BCUT2D eigenvalue weighted by Crippen LogP contribution is -2.24. The monoisotopic (exact) mass is 410 g/mol. The number of aryl methyl sites for hydroxylation is 1. The molecule has 0 saturated heterocycles. The van der Waals surface area contributed by atoms with Gasteiger partial charge in [0.25, 0.3) is 0 Å². The van der Waals surface area contributed by atoms with E-state index < -0.39 is 21.8 Å². The molecule has 28 heavy (non-hydrogen) atoms. The Hall–Kier alpha value is -2.88. The molecule has 148 valence electrons. The molecule has 6 nitrogen and oxygen atoms in total. The Kier molecular flexibility index (Phi) is 4.92. The van der Waals surface area contributed by atoms with Crippen LogP contribution in [-0.4, -0.2) is 36.3 Å². The highest BCUT2D eigenvalue weighted by atomic mass is 32.2. The molecule has 0 radical (unpaired) electrons. The number of hydrogen-bond donors (Lipinski definition) is 0. The standard InChI is InChI=1S/C18H17F3N4O2S/c1-24-11-16(12-5-4-6-14(7-12)18(19,20)21)23-17(24)13-8-15(10-22-9-13)25(2)28(3,26)27/h4-11H,1-3H3. The molecule has 3 aromatic rings. The maximum Gasteiger partial charge on any atom is 0.416 e. The average Bonchev–Trinajstić information content (AvgIpc) is 3.01. The number of hydrogen-bond acceptors (Lipinski definition) is 4. The number of rotatable bonds is 4. The first-order chi connectivity index (χ1) is 13.0. The molecule has 0 atom stereocenters. The SMILES string of the molecule is CN(c1cncc(-c2nc(-c3cccc(C(F)(F)F)c3)cn2C)c1)S(C)(=O)=O. The van der Waals surface area contributed by atoms with E-state index in [-0.39, 0.29) is 0 Å². The molecular weight excluding hydrogens is 393 g/mol. The molecule has 0 fully saturated rings. The Balaban J connectivity index is 2.03. The molecular formula is C18H17F3N4O2S. The van der Waals surface area contributed by atoms with Gasteiger partial charge in [-0.2, -0.15) is 13.2 Å². The van der Waals surface area contributed by atoms with Crippen molar-refractivity contribution in [3.63, 3.8) is 0 Å². The summed E-state index contributed by atoms with van der Waals surface area (Å²) in [6.45, 7) is 0. The predicted octanol–water partition coefficient (Wildman–Crippen LogP) is 3.56. The zero-order valence-electron chi connectivity index (χ0n) is 15.3. The van der Waals surface area contributed by atoms with Crippen molar-refractivity contribution in [3.05, 3.63) is 54.5 Å². The quantitative estimate of drug-likeness (QED) is 0.660. The van der Waals surface area contributed by atoms with E-state index in [1.54, 1.807) is 29.9 Å². The Labute approximate surface area is 160 Å². The van der Waals surface area contributed by atoms with Crippen molar-refractivity contribution in [2.75, 3.05) is 17.6 Å². The second kappa shape index (κ2) is 6.93.